The first-order valence-electron chi connectivity index (χ1n) is 5.37. The summed E-state index contributed by atoms with van der Waals surface area (Å²) >= 11 is 0. The van der Waals surface area contributed by atoms with Crippen LogP contribution in [0.4, 0.5) is 0 Å². The van der Waals surface area contributed by atoms with Crippen molar-refractivity contribution in [3.63, 3.8) is 0 Å². The van der Waals surface area contributed by atoms with Gasteiger partial charge in [0.05, 0.1) is 5.54 Å². The van der Waals surface area contributed by atoms with Crippen LogP contribution in [0.3, 0.4) is 0 Å². The molecule has 1 radical (unpaired) electrons. The van der Waals surface area contributed by atoms with Crippen molar-refractivity contribution >= 4 is 7.41 Å². The molecule has 2 heteroatoms. The van der Waals surface area contributed by atoms with E-state index in [2.05, 4.69) is 67.8 Å². The molecule has 73 valence electrons. The number of nitrogens with zero attached hydrogens (tertiary/aromatic N) is 1. The predicted molar refractivity (Wildman–Crippen MR) is 63.4 cm³/mol. The lowest BCUT2D eigenvalue weighted by atomic mass is 9.67. The number of hydrogen-bond donors (Lipinski definition) is 0. The molecule has 0 spiro atoms. The molecule has 1 aromatic carbocycles. The quantitative estimate of drug-likeness (QED) is 0.573. The first kappa shape index (κ1) is 8.84. The Morgan fingerprint density at radius 2 is 2.13 bits per heavy atom. The molecule has 1 nitrogen and oxygen atoms in total. The van der Waals surface area contributed by atoms with E-state index in [-0.39, 0.29) is 5.54 Å². The molecule has 1 unspecified atom stereocenters. The van der Waals surface area contributed by atoms with Crippen molar-refractivity contribution in [1.29, 1.82) is 0 Å². The fourth-order valence-corrected chi connectivity index (χ4v) is 2.49. The van der Waals surface area contributed by atoms with Crippen LogP contribution in [-0.2, 0) is 11.9 Å². The van der Waals surface area contributed by atoms with Gasteiger partial charge in [0.15, 0.2) is 0 Å². The average molecular weight is 194 g/mol. The van der Waals surface area contributed by atoms with Crippen molar-refractivity contribution in [2.75, 3.05) is 0 Å². The summed E-state index contributed by atoms with van der Waals surface area (Å²) in [6.07, 6.45) is 9.67. The molecule has 0 bridgehead atoms. The van der Waals surface area contributed by atoms with Crippen molar-refractivity contribution in [3.05, 3.63) is 59.8 Å². The molecule has 0 fully saturated rings. The molecule has 0 saturated heterocycles. The standard InChI is InChI=1S/C13H13BN/c1-13-8-4-5-9-15(13)14-10-11-6-2-3-7-12(11)13/h2-9H,10H2,1H3. The molecule has 1 atom stereocenters. The molecule has 2 heterocycles. The Balaban J connectivity index is 2.18. The number of rotatable bonds is 0. The maximum atomic E-state index is 2.30. The molecule has 1 aromatic rings. The maximum absolute atomic E-state index is 2.30. The Labute approximate surface area is 91.4 Å². The molecule has 0 amide bonds. The second kappa shape index (κ2) is 3.03. The van der Waals surface area contributed by atoms with E-state index in [9.17, 15) is 0 Å². The van der Waals surface area contributed by atoms with Gasteiger partial charge in [-0.3, -0.25) is 0 Å². The average Bonchev–Trinajstić information content (AvgIpc) is 2.29. The van der Waals surface area contributed by atoms with Gasteiger partial charge in [0.25, 0.3) is 7.41 Å². The van der Waals surface area contributed by atoms with E-state index in [0.717, 1.165) is 6.32 Å². The number of benzene rings is 1. The van der Waals surface area contributed by atoms with Crippen molar-refractivity contribution in [1.82, 2.24) is 4.81 Å². The van der Waals surface area contributed by atoms with Gasteiger partial charge >= 0.3 is 0 Å². The summed E-state index contributed by atoms with van der Waals surface area (Å²) in [6.45, 7) is 2.27. The van der Waals surface area contributed by atoms with Gasteiger partial charge in [-0.15, -0.1) is 0 Å². The Bertz CT molecular complexity index is 450. The lowest BCUT2D eigenvalue weighted by Gasteiger charge is -2.45. The third-order valence-electron chi connectivity index (χ3n) is 3.39. The summed E-state index contributed by atoms with van der Waals surface area (Å²) in [5.41, 5.74) is 2.88. The summed E-state index contributed by atoms with van der Waals surface area (Å²) in [6, 6.07) is 8.70. The van der Waals surface area contributed by atoms with Crippen molar-refractivity contribution < 1.29 is 0 Å². The lowest BCUT2D eigenvalue weighted by Crippen LogP contribution is -2.47. The van der Waals surface area contributed by atoms with E-state index in [0.29, 0.717) is 0 Å². The van der Waals surface area contributed by atoms with Crippen LogP contribution in [0.2, 0.25) is 0 Å². The van der Waals surface area contributed by atoms with Gasteiger partial charge in [0, 0.05) is 0 Å². The third kappa shape index (κ3) is 1.17. The monoisotopic (exact) mass is 194 g/mol. The summed E-state index contributed by atoms with van der Waals surface area (Å²) in [5.74, 6) is 0. The van der Waals surface area contributed by atoms with Gasteiger partial charge in [-0.1, -0.05) is 36.4 Å². The van der Waals surface area contributed by atoms with E-state index >= 15 is 0 Å². The van der Waals surface area contributed by atoms with E-state index in [1.807, 2.05) is 0 Å². The molecule has 2 aliphatic heterocycles. The fourth-order valence-electron chi connectivity index (χ4n) is 2.49. The second-order valence-corrected chi connectivity index (χ2v) is 4.30. The molecule has 0 aliphatic carbocycles. The summed E-state index contributed by atoms with van der Waals surface area (Å²) in [5, 5.41) is 0. The van der Waals surface area contributed by atoms with Gasteiger partial charge in [-0.05, 0) is 36.6 Å². The zero-order chi connectivity index (χ0) is 10.3. The topological polar surface area (TPSA) is 3.24 Å². The second-order valence-electron chi connectivity index (χ2n) is 4.30. The van der Waals surface area contributed by atoms with Crippen LogP contribution in [0.15, 0.2) is 48.7 Å². The van der Waals surface area contributed by atoms with Gasteiger partial charge in [0.1, 0.15) is 0 Å². The Kier molecular flexibility index (Phi) is 1.78. The zero-order valence-electron chi connectivity index (χ0n) is 8.85. The van der Waals surface area contributed by atoms with Crippen LogP contribution in [0.1, 0.15) is 18.1 Å². The fraction of sp³-hybridized carbons (Fsp3) is 0.231. The van der Waals surface area contributed by atoms with Gasteiger partial charge < -0.3 is 4.81 Å². The van der Waals surface area contributed by atoms with Crippen LogP contribution in [0.25, 0.3) is 0 Å². The Morgan fingerprint density at radius 1 is 1.27 bits per heavy atom. The lowest BCUT2D eigenvalue weighted by molar-refractivity contribution is 0.335. The van der Waals surface area contributed by atoms with Gasteiger partial charge in [0.2, 0.25) is 0 Å². The third-order valence-corrected chi connectivity index (χ3v) is 3.39. The van der Waals surface area contributed by atoms with Crippen molar-refractivity contribution in [2.45, 2.75) is 18.8 Å². The highest BCUT2D eigenvalue weighted by atomic mass is 15.1. The largest absolute Gasteiger partial charge is 0.413 e. The minimum atomic E-state index is 0.0175. The van der Waals surface area contributed by atoms with Crippen LogP contribution in [0.5, 0.6) is 0 Å². The Hall–Kier alpha value is -1.44. The molecule has 0 saturated carbocycles. The van der Waals surface area contributed by atoms with Crippen LogP contribution >= 0.6 is 0 Å². The molecule has 0 aromatic heterocycles. The smallest absolute Gasteiger partial charge is 0.251 e. The van der Waals surface area contributed by atoms with E-state index in [1.54, 1.807) is 0 Å². The van der Waals surface area contributed by atoms with E-state index < -0.39 is 0 Å². The number of fused-ring (bicyclic) bond motifs is 3. The van der Waals surface area contributed by atoms with Crippen LogP contribution in [0, 0.1) is 0 Å². The van der Waals surface area contributed by atoms with Crippen LogP contribution in [-0.4, -0.2) is 12.2 Å². The summed E-state index contributed by atoms with van der Waals surface area (Å²) in [4.78, 5) is 2.30. The minimum absolute atomic E-state index is 0.0175. The number of allylic oxidation sites excluding steroid dienone is 2. The highest BCUT2D eigenvalue weighted by Gasteiger charge is 2.35. The highest BCUT2D eigenvalue weighted by molar-refractivity contribution is 6.33. The van der Waals surface area contributed by atoms with Crippen molar-refractivity contribution in [3.8, 4) is 0 Å². The maximum Gasteiger partial charge on any atom is 0.251 e. The zero-order valence-corrected chi connectivity index (χ0v) is 8.85. The van der Waals surface area contributed by atoms with E-state index in [1.165, 1.54) is 11.1 Å². The molecule has 3 rings (SSSR count). The number of hydrogen-bond acceptors (Lipinski definition) is 1. The Morgan fingerprint density at radius 3 is 3.07 bits per heavy atom. The summed E-state index contributed by atoms with van der Waals surface area (Å²) < 4.78 is 0. The molecular weight excluding hydrogens is 181 g/mol. The molecule has 2 aliphatic rings. The molecule has 15 heavy (non-hydrogen) atoms. The molecule has 0 N–H and O–H groups in total. The molecular formula is C13H13BN. The normalized spacial score (nSPS) is 26.9. The van der Waals surface area contributed by atoms with E-state index in [4.69, 9.17) is 0 Å². The van der Waals surface area contributed by atoms with Gasteiger partial charge in [-0.2, -0.15) is 0 Å². The van der Waals surface area contributed by atoms with Gasteiger partial charge in [-0.25, -0.2) is 0 Å². The SMILES string of the molecule is CC12C=CC=CN1[B]Cc1ccccc12. The first-order valence-corrected chi connectivity index (χ1v) is 5.37. The van der Waals surface area contributed by atoms with Crippen molar-refractivity contribution in [2.24, 2.45) is 0 Å². The predicted octanol–water partition coefficient (Wildman–Crippen LogP) is 2.42. The van der Waals surface area contributed by atoms with Crippen LogP contribution < -0.4 is 0 Å². The first-order chi connectivity index (χ1) is 7.31. The highest BCUT2D eigenvalue weighted by Crippen LogP contribution is 2.37. The minimum Gasteiger partial charge on any atom is -0.413 e. The summed E-state index contributed by atoms with van der Waals surface area (Å²) in [7, 11) is 2.27.